The third-order valence-electron chi connectivity index (χ3n) is 4.15. The molecule has 2 aromatic carbocycles. The van der Waals surface area contributed by atoms with Crippen molar-refractivity contribution in [1.82, 2.24) is 4.31 Å². The van der Waals surface area contributed by atoms with E-state index in [2.05, 4.69) is 5.32 Å². The number of hydrogen-bond acceptors (Lipinski definition) is 4. The number of rotatable bonds is 5. The van der Waals surface area contributed by atoms with Crippen molar-refractivity contribution in [1.29, 1.82) is 0 Å². The average Bonchev–Trinajstić information content (AvgIpc) is 3.17. The van der Waals surface area contributed by atoms with Gasteiger partial charge in [-0.1, -0.05) is 6.07 Å². The van der Waals surface area contributed by atoms with Gasteiger partial charge in [0.05, 0.1) is 4.90 Å². The Balaban J connectivity index is 1.78. The van der Waals surface area contributed by atoms with Crippen molar-refractivity contribution in [3.63, 3.8) is 0 Å². The van der Waals surface area contributed by atoms with Crippen molar-refractivity contribution in [2.45, 2.75) is 22.6 Å². The van der Waals surface area contributed by atoms with Crippen LogP contribution >= 0.6 is 11.8 Å². The molecule has 1 fully saturated rings. The SMILES string of the molecule is CSc1ccc(C(=O)Nc2cccc(S(=O)(=O)N3CCCC3)c2)cc1. The monoisotopic (exact) mass is 376 g/mol. The third kappa shape index (κ3) is 4.05. The predicted molar refractivity (Wildman–Crippen MR) is 101 cm³/mol. The van der Waals surface area contributed by atoms with Gasteiger partial charge >= 0.3 is 0 Å². The summed E-state index contributed by atoms with van der Waals surface area (Å²) in [5.41, 5.74) is 1.00. The fourth-order valence-corrected chi connectivity index (χ4v) is 4.73. The number of nitrogens with one attached hydrogen (secondary N) is 1. The highest BCUT2D eigenvalue weighted by atomic mass is 32.2. The van der Waals surface area contributed by atoms with E-state index in [1.807, 2.05) is 18.4 Å². The molecular formula is C18H20N2O3S2. The summed E-state index contributed by atoms with van der Waals surface area (Å²) < 4.78 is 26.7. The van der Waals surface area contributed by atoms with Crippen molar-refractivity contribution in [2.75, 3.05) is 24.7 Å². The van der Waals surface area contributed by atoms with Gasteiger partial charge in [-0.15, -0.1) is 11.8 Å². The molecule has 2 aromatic rings. The topological polar surface area (TPSA) is 66.5 Å². The minimum atomic E-state index is -3.49. The van der Waals surface area contributed by atoms with E-state index in [1.54, 1.807) is 42.1 Å². The fraction of sp³-hybridized carbons (Fsp3) is 0.278. The molecule has 132 valence electrons. The van der Waals surface area contributed by atoms with Crippen LogP contribution in [0.3, 0.4) is 0 Å². The molecular weight excluding hydrogens is 356 g/mol. The molecule has 0 spiro atoms. The number of hydrogen-bond donors (Lipinski definition) is 1. The number of carbonyl (C=O) groups excluding carboxylic acids is 1. The highest BCUT2D eigenvalue weighted by molar-refractivity contribution is 7.98. The molecule has 0 radical (unpaired) electrons. The van der Waals surface area contributed by atoms with Gasteiger partial charge < -0.3 is 5.32 Å². The minimum absolute atomic E-state index is 0.213. The number of thioether (sulfide) groups is 1. The van der Waals surface area contributed by atoms with Crippen LogP contribution in [0.15, 0.2) is 58.3 Å². The fourth-order valence-electron chi connectivity index (χ4n) is 2.76. The Labute approximate surface area is 152 Å². The molecule has 0 atom stereocenters. The van der Waals surface area contributed by atoms with Gasteiger partial charge in [-0.3, -0.25) is 4.79 Å². The molecule has 1 N–H and O–H groups in total. The van der Waals surface area contributed by atoms with Crippen molar-refractivity contribution < 1.29 is 13.2 Å². The van der Waals surface area contributed by atoms with Crippen LogP contribution in [-0.4, -0.2) is 38.0 Å². The van der Waals surface area contributed by atoms with Crippen LogP contribution in [-0.2, 0) is 10.0 Å². The van der Waals surface area contributed by atoms with Crippen LogP contribution in [0.25, 0.3) is 0 Å². The van der Waals surface area contributed by atoms with E-state index < -0.39 is 10.0 Å². The van der Waals surface area contributed by atoms with E-state index in [0.29, 0.717) is 24.3 Å². The number of sulfonamides is 1. The molecule has 1 aliphatic rings. The Kier molecular flexibility index (Phi) is 5.46. The second kappa shape index (κ2) is 7.59. The Bertz CT molecular complexity index is 858. The normalized spacial score (nSPS) is 15.2. The molecule has 1 amide bonds. The molecule has 0 aliphatic carbocycles. The lowest BCUT2D eigenvalue weighted by Crippen LogP contribution is -2.27. The van der Waals surface area contributed by atoms with Gasteiger partial charge in [0.25, 0.3) is 5.91 Å². The van der Waals surface area contributed by atoms with E-state index in [0.717, 1.165) is 17.7 Å². The van der Waals surface area contributed by atoms with Gasteiger partial charge in [-0.05, 0) is 61.6 Å². The van der Waals surface area contributed by atoms with E-state index in [1.165, 1.54) is 10.4 Å². The van der Waals surface area contributed by atoms with Gasteiger partial charge in [-0.2, -0.15) is 4.31 Å². The first-order valence-corrected chi connectivity index (χ1v) is 10.7. The van der Waals surface area contributed by atoms with Gasteiger partial charge in [0, 0.05) is 29.2 Å². The highest BCUT2D eigenvalue weighted by Crippen LogP contribution is 2.23. The Morgan fingerprint density at radius 3 is 2.40 bits per heavy atom. The van der Waals surface area contributed by atoms with Gasteiger partial charge in [0.15, 0.2) is 0 Å². The first kappa shape index (κ1) is 18.0. The molecule has 0 aromatic heterocycles. The van der Waals surface area contributed by atoms with Gasteiger partial charge in [0.1, 0.15) is 0 Å². The summed E-state index contributed by atoms with van der Waals surface area (Å²) in [5, 5.41) is 2.77. The summed E-state index contributed by atoms with van der Waals surface area (Å²) in [4.78, 5) is 13.6. The van der Waals surface area contributed by atoms with Crippen LogP contribution in [0.5, 0.6) is 0 Å². The van der Waals surface area contributed by atoms with Crippen molar-refractivity contribution >= 4 is 33.4 Å². The van der Waals surface area contributed by atoms with Crippen LogP contribution in [0.2, 0.25) is 0 Å². The maximum Gasteiger partial charge on any atom is 0.255 e. The molecule has 1 aliphatic heterocycles. The zero-order chi connectivity index (χ0) is 17.9. The zero-order valence-electron chi connectivity index (χ0n) is 13.9. The third-order valence-corrected chi connectivity index (χ3v) is 6.79. The summed E-state index contributed by atoms with van der Waals surface area (Å²) >= 11 is 1.61. The second-order valence-corrected chi connectivity index (χ2v) is 8.64. The predicted octanol–water partition coefficient (Wildman–Crippen LogP) is 3.45. The van der Waals surface area contributed by atoms with Crippen LogP contribution in [0.1, 0.15) is 23.2 Å². The summed E-state index contributed by atoms with van der Waals surface area (Å²) in [6.07, 6.45) is 3.75. The molecule has 1 saturated heterocycles. The maximum atomic E-state index is 12.6. The molecule has 3 rings (SSSR count). The number of nitrogens with zero attached hydrogens (tertiary/aromatic N) is 1. The molecule has 25 heavy (non-hydrogen) atoms. The van der Waals surface area contributed by atoms with E-state index in [4.69, 9.17) is 0 Å². The van der Waals surface area contributed by atoms with Crippen LogP contribution < -0.4 is 5.32 Å². The summed E-state index contributed by atoms with van der Waals surface area (Å²) in [7, 11) is -3.49. The van der Waals surface area contributed by atoms with E-state index in [-0.39, 0.29) is 10.8 Å². The average molecular weight is 377 g/mol. The van der Waals surface area contributed by atoms with Crippen LogP contribution in [0, 0.1) is 0 Å². The number of benzene rings is 2. The maximum absolute atomic E-state index is 12.6. The smallest absolute Gasteiger partial charge is 0.255 e. The lowest BCUT2D eigenvalue weighted by Gasteiger charge is -2.16. The number of carbonyl (C=O) groups is 1. The lowest BCUT2D eigenvalue weighted by atomic mass is 10.2. The second-order valence-electron chi connectivity index (χ2n) is 5.82. The summed E-state index contributed by atoms with van der Waals surface area (Å²) in [6, 6.07) is 13.7. The van der Waals surface area contributed by atoms with Crippen molar-refractivity contribution in [3.8, 4) is 0 Å². The van der Waals surface area contributed by atoms with Crippen molar-refractivity contribution in [2.24, 2.45) is 0 Å². The number of anilines is 1. The number of amides is 1. The van der Waals surface area contributed by atoms with Gasteiger partial charge in [0.2, 0.25) is 10.0 Å². The van der Waals surface area contributed by atoms with E-state index >= 15 is 0 Å². The standard InChI is InChI=1S/C18H20N2O3S2/c1-24-16-9-7-14(8-10-16)18(21)19-15-5-4-6-17(13-15)25(22,23)20-11-2-3-12-20/h4-10,13H,2-3,11-12H2,1H3,(H,19,21). The molecule has 0 bridgehead atoms. The Morgan fingerprint density at radius 2 is 1.76 bits per heavy atom. The molecule has 7 heteroatoms. The molecule has 5 nitrogen and oxygen atoms in total. The summed E-state index contributed by atoms with van der Waals surface area (Å²) in [6.45, 7) is 1.11. The van der Waals surface area contributed by atoms with Crippen LogP contribution in [0.4, 0.5) is 5.69 Å². The molecule has 1 heterocycles. The van der Waals surface area contributed by atoms with Gasteiger partial charge in [-0.25, -0.2) is 8.42 Å². The largest absolute Gasteiger partial charge is 0.322 e. The highest BCUT2D eigenvalue weighted by Gasteiger charge is 2.27. The summed E-state index contributed by atoms with van der Waals surface area (Å²) in [5.74, 6) is -0.261. The molecule has 0 saturated carbocycles. The first-order chi connectivity index (χ1) is 12.0. The first-order valence-electron chi connectivity index (χ1n) is 8.06. The Hall–Kier alpha value is -1.83. The minimum Gasteiger partial charge on any atom is -0.322 e. The quantitative estimate of drug-likeness (QED) is 0.812. The molecule has 0 unspecified atom stereocenters. The lowest BCUT2D eigenvalue weighted by molar-refractivity contribution is 0.102. The van der Waals surface area contributed by atoms with E-state index in [9.17, 15) is 13.2 Å². The zero-order valence-corrected chi connectivity index (χ0v) is 15.6. The van der Waals surface area contributed by atoms with Crippen molar-refractivity contribution in [3.05, 3.63) is 54.1 Å². The Morgan fingerprint density at radius 1 is 1.08 bits per heavy atom.